The molecule has 1 aliphatic rings. The Morgan fingerprint density at radius 2 is 1.48 bits per heavy atom. The van der Waals surface area contributed by atoms with Crippen LogP contribution in [-0.2, 0) is 4.79 Å². The minimum absolute atomic E-state index is 0.0595. The van der Waals surface area contributed by atoms with E-state index in [0.717, 1.165) is 24.1 Å². The first-order chi connectivity index (χ1) is 10.9. The van der Waals surface area contributed by atoms with Crippen molar-refractivity contribution < 1.29 is 4.79 Å². The van der Waals surface area contributed by atoms with Crippen molar-refractivity contribution in [2.24, 2.45) is 5.73 Å². The summed E-state index contributed by atoms with van der Waals surface area (Å²) >= 11 is 12.0. The number of amides is 1. The second-order valence-electron chi connectivity index (χ2n) is 6.09. The number of primary amides is 1. The minimum Gasteiger partial charge on any atom is -0.368 e. The van der Waals surface area contributed by atoms with Gasteiger partial charge in [0, 0.05) is 16.6 Å². The number of rotatable bonds is 4. The zero-order valence-corrected chi connectivity index (χ0v) is 14.3. The molecule has 0 spiro atoms. The largest absolute Gasteiger partial charge is 0.368 e. The topological polar surface area (TPSA) is 46.3 Å². The van der Waals surface area contributed by atoms with Crippen LogP contribution >= 0.6 is 23.2 Å². The Morgan fingerprint density at radius 3 is 1.78 bits per heavy atom. The maximum absolute atomic E-state index is 11.9. The van der Waals surface area contributed by atoms with E-state index in [1.807, 2.05) is 55.5 Å². The average Bonchev–Trinajstić information content (AvgIpc) is 2.52. The molecule has 1 unspecified atom stereocenters. The fourth-order valence-corrected chi connectivity index (χ4v) is 3.35. The fourth-order valence-electron chi connectivity index (χ4n) is 3.10. The van der Waals surface area contributed by atoms with Crippen LogP contribution in [-0.4, -0.2) is 22.9 Å². The highest BCUT2D eigenvalue weighted by molar-refractivity contribution is 6.30. The van der Waals surface area contributed by atoms with Gasteiger partial charge in [-0.1, -0.05) is 47.5 Å². The molecule has 1 atom stereocenters. The van der Waals surface area contributed by atoms with Gasteiger partial charge in [-0.15, -0.1) is 0 Å². The first-order valence-electron chi connectivity index (χ1n) is 7.49. The lowest BCUT2D eigenvalue weighted by molar-refractivity contribution is -0.140. The predicted molar refractivity (Wildman–Crippen MR) is 93.7 cm³/mol. The van der Waals surface area contributed by atoms with Crippen LogP contribution in [0, 0.1) is 0 Å². The van der Waals surface area contributed by atoms with Crippen molar-refractivity contribution in [2.45, 2.75) is 24.9 Å². The smallest absolute Gasteiger partial charge is 0.237 e. The summed E-state index contributed by atoms with van der Waals surface area (Å²) in [5, 5.41) is 1.37. The molecule has 120 valence electrons. The van der Waals surface area contributed by atoms with Crippen molar-refractivity contribution in [3.8, 4) is 0 Å². The molecule has 0 saturated carbocycles. The van der Waals surface area contributed by atoms with Crippen molar-refractivity contribution in [2.75, 3.05) is 6.54 Å². The molecule has 1 heterocycles. The first-order valence-corrected chi connectivity index (χ1v) is 8.25. The number of benzene rings is 2. The average molecular weight is 349 g/mol. The van der Waals surface area contributed by atoms with Crippen LogP contribution in [0.15, 0.2) is 48.5 Å². The number of nitrogens with zero attached hydrogens (tertiary/aromatic N) is 1. The maximum Gasteiger partial charge on any atom is 0.237 e. The fraction of sp³-hybridized carbons (Fsp3) is 0.278. The Hall–Kier alpha value is -1.55. The summed E-state index contributed by atoms with van der Waals surface area (Å²) in [4.78, 5) is 14.1. The van der Waals surface area contributed by atoms with E-state index >= 15 is 0 Å². The third-order valence-corrected chi connectivity index (χ3v) is 5.19. The Bertz CT molecular complexity index is 669. The normalized spacial score (nSPS) is 21.2. The molecule has 3 rings (SSSR count). The molecule has 2 aromatic rings. The number of likely N-dealkylation sites (tertiary alicyclic amines) is 1. The van der Waals surface area contributed by atoms with Crippen LogP contribution in [0.1, 0.15) is 30.5 Å². The molecule has 23 heavy (non-hydrogen) atoms. The Balaban J connectivity index is 2.05. The number of halogens is 2. The van der Waals surface area contributed by atoms with Gasteiger partial charge in [0.05, 0.1) is 11.6 Å². The highest BCUT2D eigenvalue weighted by Crippen LogP contribution is 2.42. The molecule has 0 aromatic heterocycles. The molecule has 1 aliphatic heterocycles. The summed E-state index contributed by atoms with van der Waals surface area (Å²) in [7, 11) is 0. The highest BCUT2D eigenvalue weighted by Gasteiger charge is 2.49. The number of hydrogen-bond donors (Lipinski definition) is 1. The van der Waals surface area contributed by atoms with Crippen LogP contribution in [0.3, 0.4) is 0 Å². The van der Waals surface area contributed by atoms with Gasteiger partial charge in [0.2, 0.25) is 5.91 Å². The number of carbonyl (C=O) groups is 1. The molecule has 0 bridgehead atoms. The first kappa shape index (κ1) is 16.3. The van der Waals surface area contributed by atoms with Crippen molar-refractivity contribution in [1.29, 1.82) is 0 Å². The van der Waals surface area contributed by atoms with E-state index in [0.29, 0.717) is 10.0 Å². The lowest BCUT2D eigenvalue weighted by atomic mass is 9.81. The molecule has 3 nitrogen and oxygen atoms in total. The number of hydrogen-bond acceptors (Lipinski definition) is 2. The Morgan fingerprint density at radius 1 is 1.04 bits per heavy atom. The number of nitrogens with two attached hydrogens (primary N) is 1. The molecule has 2 aromatic carbocycles. The zero-order chi connectivity index (χ0) is 16.6. The van der Waals surface area contributed by atoms with Gasteiger partial charge in [0.15, 0.2) is 0 Å². The highest BCUT2D eigenvalue weighted by atomic mass is 35.5. The molecule has 2 N–H and O–H groups in total. The van der Waals surface area contributed by atoms with Crippen molar-refractivity contribution >= 4 is 29.1 Å². The number of carbonyl (C=O) groups excluding carboxylic acids is 1. The zero-order valence-electron chi connectivity index (χ0n) is 12.8. The molecule has 0 aliphatic carbocycles. The Kier molecular flexibility index (Phi) is 4.37. The van der Waals surface area contributed by atoms with Gasteiger partial charge < -0.3 is 5.73 Å². The summed E-state index contributed by atoms with van der Waals surface area (Å²) < 4.78 is 0. The molecule has 1 fully saturated rings. The van der Waals surface area contributed by atoms with E-state index in [9.17, 15) is 4.79 Å². The third-order valence-electron chi connectivity index (χ3n) is 4.69. The molecular formula is C18H18Cl2N2O. The van der Waals surface area contributed by atoms with Gasteiger partial charge in [0.1, 0.15) is 0 Å². The quantitative estimate of drug-likeness (QED) is 0.906. The Labute approximate surface area is 146 Å². The molecule has 1 amide bonds. The van der Waals surface area contributed by atoms with Crippen LogP contribution in [0.4, 0.5) is 0 Å². The van der Waals surface area contributed by atoms with E-state index < -0.39 is 5.54 Å². The SMILES string of the molecule is CC1(C(N)=O)CCN1C(c1ccc(Cl)cc1)c1ccc(Cl)cc1. The van der Waals surface area contributed by atoms with Crippen molar-refractivity contribution in [3.05, 3.63) is 69.7 Å². The van der Waals surface area contributed by atoms with E-state index in [1.54, 1.807) is 0 Å². The molecule has 0 radical (unpaired) electrons. The van der Waals surface area contributed by atoms with Crippen LogP contribution in [0.5, 0.6) is 0 Å². The summed E-state index contributed by atoms with van der Waals surface area (Å²) in [5.41, 5.74) is 7.15. The lowest BCUT2D eigenvalue weighted by Gasteiger charge is -2.52. The summed E-state index contributed by atoms with van der Waals surface area (Å²) in [5.74, 6) is -0.295. The van der Waals surface area contributed by atoms with E-state index in [1.165, 1.54) is 0 Å². The summed E-state index contributed by atoms with van der Waals surface area (Å²) in [6, 6.07) is 15.3. The second kappa shape index (κ2) is 6.16. The van der Waals surface area contributed by atoms with E-state index in [-0.39, 0.29) is 11.9 Å². The van der Waals surface area contributed by atoms with Gasteiger partial charge in [-0.05, 0) is 48.7 Å². The molecule has 1 saturated heterocycles. The van der Waals surface area contributed by atoms with Gasteiger partial charge in [-0.2, -0.15) is 0 Å². The van der Waals surface area contributed by atoms with Gasteiger partial charge in [-0.3, -0.25) is 9.69 Å². The minimum atomic E-state index is -0.635. The molecular weight excluding hydrogens is 331 g/mol. The molecule has 5 heteroatoms. The van der Waals surface area contributed by atoms with E-state index in [4.69, 9.17) is 28.9 Å². The monoisotopic (exact) mass is 348 g/mol. The van der Waals surface area contributed by atoms with E-state index in [2.05, 4.69) is 4.90 Å². The van der Waals surface area contributed by atoms with Crippen LogP contribution in [0.2, 0.25) is 10.0 Å². The third kappa shape index (κ3) is 2.97. The van der Waals surface area contributed by atoms with Crippen LogP contribution < -0.4 is 5.73 Å². The van der Waals surface area contributed by atoms with Gasteiger partial charge >= 0.3 is 0 Å². The summed E-state index contributed by atoms with van der Waals surface area (Å²) in [6.45, 7) is 2.72. The standard InChI is InChI=1S/C18H18Cl2N2O/c1-18(17(21)23)10-11-22(18)16(12-2-6-14(19)7-3-12)13-4-8-15(20)9-5-13/h2-9,16H,10-11H2,1H3,(H2,21,23). The van der Waals surface area contributed by atoms with Crippen molar-refractivity contribution in [1.82, 2.24) is 4.90 Å². The summed E-state index contributed by atoms with van der Waals surface area (Å²) in [6.07, 6.45) is 0.764. The second-order valence-corrected chi connectivity index (χ2v) is 6.96. The van der Waals surface area contributed by atoms with Gasteiger partial charge in [0.25, 0.3) is 0 Å². The van der Waals surface area contributed by atoms with Gasteiger partial charge in [-0.25, -0.2) is 0 Å². The lowest BCUT2D eigenvalue weighted by Crippen LogP contribution is -2.65. The van der Waals surface area contributed by atoms with Crippen molar-refractivity contribution in [3.63, 3.8) is 0 Å². The van der Waals surface area contributed by atoms with Crippen LogP contribution in [0.25, 0.3) is 0 Å². The predicted octanol–water partition coefficient (Wildman–Crippen LogP) is 4.03. The maximum atomic E-state index is 11.9.